The second-order valence-electron chi connectivity index (χ2n) is 6.72. The van der Waals surface area contributed by atoms with Crippen LogP contribution in [0.3, 0.4) is 0 Å². The van der Waals surface area contributed by atoms with Crippen LogP contribution in [-0.4, -0.2) is 48.2 Å². The molecule has 1 fully saturated rings. The Bertz CT molecular complexity index is 758. The van der Waals surface area contributed by atoms with E-state index in [0.717, 1.165) is 24.8 Å². The first-order valence-electron chi connectivity index (χ1n) is 8.87. The summed E-state index contributed by atoms with van der Waals surface area (Å²) in [6, 6.07) is 4.94. The van der Waals surface area contributed by atoms with Crippen LogP contribution in [0.2, 0.25) is 0 Å². The van der Waals surface area contributed by atoms with Crippen molar-refractivity contribution in [2.75, 3.05) is 25.0 Å². The lowest BCUT2D eigenvalue weighted by atomic mass is 9.99. The molecule has 3 rings (SSSR count). The van der Waals surface area contributed by atoms with Crippen molar-refractivity contribution in [3.05, 3.63) is 29.3 Å². The van der Waals surface area contributed by atoms with Gasteiger partial charge in [-0.3, -0.25) is 19.2 Å². The molecule has 1 atom stereocenters. The summed E-state index contributed by atoms with van der Waals surface area (Å²) in [5.41, 5.74) is 1.86. The second kappa shape index (κ2) is 7.68. The van der Waals surface area contributed by atoms with Crippen molar-refractivity contribution >= 4 is 29.3 Å². The predicted molar refractivity (Wildman–Crippen MR) is 93.8 cm³/mol. The molecular formula is C19H22N2O5. The van der Waals surface area contributed by atoms with Gasteiger partial charge in [0.05, 0.1) is 5.92 Å². The molecule has 0 aromatic heterocycles. The highest BCUT2D eigenvalue weighted by atomic mass is 16.5. The molecule has 138 valence electrons. The van der Waals surface area contributed by atoms with Gasteiger partial charge < -0.3 is 15.0 Å². The van der Waals surface area contributed by atoms with Crippen LogP contribution in [-0.2, 0) is 19.1 Å². The number of Topliss-reactive ketones (excluding diaryl/α,β-unsaturated/α-hetero) is 1. The smallest absolute Gasteiger partial charge is 0.326 e. The number of benzene rings is 1. The number of ether oxygens (including phenoxy) is 1. The summed E-state index contributed by atoms with van der Waals surface area (Å²) >= 11 is 0. The van der Waals surface area contributed by atoms with E-state index in [2.05, 4.69) is 5.32 Å². The molecule has 0 aliphatic carbocycles. The summed E-state index contributed by atoms with van der Waals surface area (Å²) in [6.45, 7) is 1.82. The summed E-state index contributed by atoms with van der Waals surface area (Å²) in [6.07, 6.45) is 3.14. The molecule has 2 aliphatic heterocycles. The minimum atomic E-state index is -0.583. The van der Waals surface area contributed by atoms with Crippen LogP contribution >= 0.6 is 0 Å². The van der Waals surface area contributed by atoms with E-state index in [-0.39, 0.29) is 36.7 Å². The molecule has 0 bridgehead atoms. The van der Waals surface area contributed by atoms with Crippen LogP contribution in [0.4, 0.5) is 5.69 Å². The van der Waals surface area contributed by atoms with E-state index >= 15 is 0 Å². The zero-order valence-electron chi connectivity index (χ0n) is 14.7. The Labute approximate surface area is 151 Å². The molecule has 1 aromatic rings. The summed E-state index contributed by atoms with van der Waals surface area (Å²) in [7, 11) is 0. The first kappa shape index (κ1) is 18.1. The number of nitrogens with one attached hydrogen (secondary N) is 1. The Hall–Kier alpha value is -2.70. The van der Waals surface area contributed by atoms with Crippen LogP contribution in [0.5, 0.6) is 0 Å². The maximum Gasteiger partial charge on any atom is 0.326 e. The van der Waals surface area contributed by atoms with Crippen molar-refractivity contribution in [3.8, 4) is 0 Å². The van der Waals surface area contributed by atoms with Crippen molar-refractivity contribution in [1.29, 1.82) is 0 Å². The van der Waals surface area contributed by atoms with Crippen LogP contribution in [0, 0.1) is 0 Å². The Morgan fingerprint density at radius 2 is 2.04 bits per heavy atom. The summed E-state index contributed by atoms with van der Waals surface area (Å²) in [4.78, 5) is 49.3. The maximum absolute atomic E-state index is 12.3. The number of anilines is 1. The number of carbonyl (C=O) groups excluding carboxylic acids is 4. The fraction of sp³-hybridized carbons (Fsp3) is 0.474. The van der Waals surface area contributed by atoms with Gasteiger partial charge >= 0.3 is 5.97 Å². The quantitative estimate of drug-likeness (QED) is 0.641. The van der Waals surface area contributed by atoms with Gasteiger partial charge in [-0.25, -0.2) is 0 Å². The van der Waals surface area contributed by atoms with Crippen LogP contribution in [0.1, 0.15) is 54.4 Å². The molecule has 1 aromatic carbocycles. The standard InChI is InChI=1S/C19H22N2O5/c1-12-14-9-13(6-7-15(14)20-19(12)25)16(22)11-26-18(24)10-21-8-4-2-3-5-17(21)23/h6-7,9,12H,2-5,8,10-11H2,1H3,(H,20,25)/t12-/m1/s1. The van der Waals surface area contributed by atoms with E-state index in [1.165, 1.54) is 4.90 Å². The zero-order chi connectivity index (χ0) is 18.7. The van der Waals surface area contributed by atoms with Gasteiger partial charge in [0, 0.05) is 24.2 Å². The number of ketones is 1. The highest BCUT2D eigenvalue weighted by molar-refractivity contribution is 6.05. The summed E-state index contributed by atoms with van der Waals surface area (Å²) < 4.78 is 5.05. The molecule has 2 heterocycles. The maximum atomic E-state index is 12.3. The van der Waals surface area contributed by atoms with Crippen molar-refractivity contribution in [2.24, 2.45) is 0 Å². The van der Waals surface area contributed by atoms with Crippen LogP contribution in [0.15, 0.2) is 18.2 Å². The van der Waals surface area contributed by atoms with Gasteiger partial charge in [0.25, 0.3) is 0 Å². The van der Waals surface area contributed by atoms with E-state index in [0.29, 0.717) is 24.2 Å². The Morgan fingerprint density at radius 3 is 2.85 bits per heavy atom. The first-order chi connectivity index (χ1) is 12.5. The minimum Gasteiger partial charge on any atom is -0.456 e. The third-order valence-corrected chi connectivity index (χ3v) is 4.85. The summed E-state index contributed by atoms with van der Waals surface area (Å²) in [5, 5.41) is 2.75. The molecule has 0 unspecified atom stereocenters. The van der Waals surface area contributed by atoms with Crippen LogP contribution < -0.4 is 5.32 Å². The lowest BCUT2D eigenvalue weighted by molar-refractivity contribution is -0.148. The van der Waals surface area contributed by atoms with Gasteiger partial charge in [0.15, 0.2) is 12.4 Å². The van der Waals surface area contributed by atoms with E-state index in [1.54, 1.807) is 25.1 Å². The van der Waals surface area contributed by atoms with Gasteiger partial charge in [-0.2, -0.15) is 0 Å². The molecule has 2 amide bonds. The normalized spacial score (nSPS) is 19.6. The third-order valence-electron chi connectivity index (χ3n) is 4.85. The van der Waals surface area contributed by atoms with Crippen molar-refractivity contribution in [3.63, 3.8) is 0 Å². The molecular weight excluding hydrogens is 336 g/mol. The molecule has 0 spiro atoms. The van der Waals surface area contributed by atoms with Gasteiger partial charge in [-0.05, 0) is 43.5 Å². The van der Waals surface area contributed by atoms with E-state index in [9.17, 15) is 19.2 Å². The largest absolute Gasteiger partial charge is 0.456 e. The Balaban J connectivity index is 1.55. The molecule has 26 heavy (non-hydrogen) atoms. The number of rotatable bonds is 5. The highest BCUT2D eigenvalue weighted by Crippen LogP contribution is 2.32. The fourth-order valence-electron chi connectivity index (χ4n) is 3.23. The Kier molecular flexibility index (Phi) is 5.35. The fourth-order valence-corrected chi connectivity index (χ4v) is 3.23. The molecule has 1 saturated heterocycles. The number of carbonyl (C=O) groups is 4. The second-order valence-corrected chi connectivity index (χ2v) is 6.72. The monoisotopic (exact) mass is 358 g/mol. The summed E-state index contributed by atoms with van der Waals surface area (Å²) in [5.74, 6) is -1.38. The lowest BCUT2D eigenvalue weighted by Crippen LogP contribution is -2.36. The average molecular weight is 358 g/mol. The van der Waals surface area contributed by atoms with Gasteiger partial charge in [0.1, 0.15) is 6.54 Å². The lowest BCUT2D eigenvalue weighted by Gasteiger charge is -2.19. The molecule has 0 radical (unpaired) electrons. The topological polar surface area (TPSA) is 92.8 Å². The van der Waals surface area contributed by atoms with Crippen molar-refractivity contribution < 1.29 is 23.9 Å². The molecule has 2 aliphatic rings. The SMILES string of the molecule is C[C@H]1C(=O)Nc2ccc(C(=O)COC(=O)CN3CCCCCC3=O)cc21. The number of esters is 1. The molecule has 0 saturated carbocycles. The number of likely N-dealkylation sites (tertiary alicyclic amines) is 1. The van der Waals surface area contributed by atoms with Crippen molar-refractivity contribution in [2.45, 2.75) is 38.5 Å². The van der Waals surface area contributed by atoms with Gasteiger partial charge in [0.2, 0.25) is 11.8 Å². The number of fused-ring (bicyclic) bond motifs is 1. The number of hydrogen-bond acceptors (Lipinski definition) is 5. The predicted octanol–water partition coefficient (Wildman–Crippen LogP) is 1.87. The van der Waals surface area contributed by atoms with E-state index in [4.69, 9.17) is 4.74 Å². The van der Waals surface area contributed by atoms with Crippen LogP contribution in [0.25, 0.3) is 0 Å². The number of amides is 2. The number of hydrogen-bond donors (Lipinski definition) is 1. The first-order valence-corrected chi connectivity index (χ1v) is 8.87. The zero-order valence-corrected chi connectivity index (χ0v) is 14.7. The highest BCUT2D eigenvalue weighted by Gasteiger charge is 2.27. The van der Waals surface area contributed by atoms with E-state index < -0.39 is 5.97 Å². The van der Waals surface area contributed by atoms with Gasteiger partial charge in [-0.15, -0.1) is 0 Å². The number of nitrogens with zero attached hydrogens (tertiary/aromatic N) is 1. The molecule has 7 nitrogen and oxygen atoms in total. The van der Waals surface area contributed by atoms with E-state index in [1.807, 2.05) is 0 Å². The Morgan fingerprint density at radius 1 is 1.23 bits per heavy atom. The van der Waals surface area contributed by atoms with Gasteiger partial charge in [-0.1, -0.05) is 6.42 Å². The molecule has 1 N–H and O–H groups in total. The minimum absolute atomic E-state index is 0.0458. The average Bonchev–Trinajstić information content (AvgIpc) is 2.77. The third kappa shape index (κ3) is 3.92. The molecule has 7 heteroatoms. The van der Waals surface area contributed by atoms with Crippen molar-refractivity contribution in [1.82, 2.24) is 4.90 Å².